The molecular formula is C20H20F3N3O. The van der Waals surface area contributed by atoms with E-state index in [0.29, 0.717) is 0 Å². The van der Waals surface area contributed by atoms with Crippen LogP contribution in [-0.4, -0.2) is 34.2 Å². The van der Waals surface area contributed by atoms with Gasteiger partial charge in [-0.25, -0.2) is 13.2 Å². The van der Waals surface area contributed by atoms with Crippen LogP contribution < -0.4 is 5.32 Å². The maximum absolute atomic E-state index is 14.0. The van der Waals surface area contributed by atoms with Gasteiger partial charge in [-0.05, 0) is 31.2 Å². The molecule has 1 N–H and O–H groups in total. The molecule has 2 fully saturated rings. The van der Waals surface area contributed by atoms with E-state index in [1.807, 2.05) is 30.3 Å². The van der Waals surface area contributed by atoms with E-state index < -0.39 is 41.5 Å². The van der Waals surface area contributed by atoms with Crippen LogP contribution in [0.3, 0.4) is 0 Å². The van der Waals surface area contributed by atoms with Crippen LogP contribution in [0.1, 0.15) is 47.6 Å². The van der Waals surface area contributed by atoms with Gasteiger partial charge in [0.15, 0.2) is 11.6 Å². The van der Waals surface area contributed by atoms with Crippen molar-refractivity contribution in [2.75, 3.05) is 6.80 Å². The van der Waals surface area contributed by atoms with Crippen LogP contribution in [0.15, 0.2) is 42.7 Å². The largest absolute Gasteiger partial charge is 0.343 e. The molecule has 142 valence electrons. The Labute approximate surface area is 155 Å². The molecule has 7 heteroatoms. The molecule has 1 aromatic heterocycles. The molecule has 27 heavy (non-hydrogen) atoms. The van der Waals surface area contributed by atoms with E-state index >= 15 is 0 Å². The summed E-state index contributed by atoms with van der Waals surface area (Å²) in [5.41, 5.74) is -0.459. The van der Waals surface area contributed by atoms with Crippen LogP contribution in [0, 0.1) is 11.6 Å². The molecule has 2 aromatic rings. The van der Waals surface area contributed by atoms with Gasteiger partial charge in [0, 0.05) is 11.6 Å². The zero-order valence-electron chi connectivity index (χ0n) is 14.7. The number of halogens is 3. The molecule has 0 spiro atoms. The van der Waals surface area contributed by atoms with Gasteiger partial charge >= 0.3 is 0 Å². The number of carbonyl (C=O) groups excluding carboxylic acids is 1. The summed E-state index contributed by atoms with van der Waals surface area (Å²) < 4.78 is 41.9. The third-order valence-corrected chi connectivity index (χ3v) is 5.99. The molecule has 1 aromatic carbocycles. The van der Waals surface area contributed by atoms with E-state index in [4.69, 9.17) is 0 Å². The Morgan fingerprint density at radius 2 is 1.81 bits per heavy atom. The zero-order valence-corrected chi connectivity index (χ0v) is 14.7. The summed E-state index contributed by atoms with van der Waals surface area (Å²) in [4.78, 5) is 18.0. The number of nitrogens with zero attached hydrogens (tertiary/aromatic N) is 2. The number of fused-ring (bicyclic) bond motifs is 2. The fourth-order valence-corrected chi connectivity index (χ4v) is 4.74. The molecule has 1 atom stereocenters. The Hall–Kier alpha value is -2.41. The van der Waals surface area contributed by atoms with E-state index in [1.54, 1.807) is 4.90 Å². The van der Waals surface area contributed by atoms with Gasteiger partial charge in [0.2, 0.25) is 0 Å². The summed E-state index contributed by atoms with van der Waals surface area (Å²) in [6, 6.07) is 8.79. The van der Waals surface area contributed by atoms with Crippen molar-refractivity contribution in [3.8, 4) is 0 Å². The van der Waals surface area contributed by atoms with Crippen molar-refractivity contribution >= 4 is 5.91 Å². The lowest BCUT2D eigenvalue weighted by Gasteiger charge is -2.41. The monoisotopic (exact) mass is 375 g/mol. The fraction of sp³-hybridized carbons (Fsp3) is 0.400. The lowest BCUT2D eigenvalue weighted by molar-refractivity contribution is 0.0570. The average Bonchev–Trinajstić information content (AvgIpc) is 3.22. The summed E-state index contributed by atoms with van der Waals surface area (Å²) in [6.07, 6.45) is 4.76. The molecule has 0 aliphatic carbocycles. The summed E-state index contributed by atoms with van der Waals surface area (Å²) >= 11 is 0. The average molecular weight is 375 g/mol. The van der Waals surface area contributed by atoms with E-state index in [-0.39, 0.29) is 6.04 Å². The van der Waals surface area contributed by atoms with Crippen LogP contribution in [0.2, 0.25) is 0 Å². The molecular weight excluding hydrogens is 355 g/mol. The lowest BCUT2D eigenvalue weighted by atomic mass is 9.78. The van der Waals surface area contributed by atoms with E-state index in [0.717, 1.165) is 43.6 Å². The fourth-order valence-electron chi connectivity index (χ4n) is 4.74. The number of carbonyl (C=O) groups is 1. The molecule has 0 radical (unpaired) electrons. The van der Waals surface area contributed by atoms with Crippen LogP contribution >= 0.6 is 0 Å². The van der Waals surface area contributed by atoms with Crippen LogP contribution in [0.5, 0.6) is 0 Å². The SMILES string of the molecule is O=C(NC(c1ccccc1)C12CCC(CC1)N2CF)c1c(F)cncc1F. The highest BCUT2D eigenvalue weighted by Crippen LogP contribution is 2.52. The molecule has 3 heterocycles. The van der Waals surface area contributed by atoms with Crippen molar-refractivity contribution in [1.29, 1.82) is 0 Å². The topological polar surface area (TPSA) is 45.2 Å². The number of pyridine rings is 1. The Kier molecular flexibility index (Phi) is 4.63. The van der Waals surface area contributed by atoms with Gasteiger partial charge in [0.1, 0.15) is 12.4 Å². The van der Waals surface area contributed by atoms with Crippen molar-refractivity contribution < 1.29 is 18.0 Å². The van der Waals surface area contributed by atoms with Gasteiger partial charge in [0.05, 0.1) is 18.4 Å². The summed E-state index contributed by atoms with van der Waals surface area (Å²) in [7, 11) is 0. The standard InChI is InChI=1S/C20H20F3N3O/c21-12-26-14-6-8-20(26,9-7-14)18(13-4-2-1-3-5-13)25-19(27)17-15(22)10-24-11-16(17)23/h1-5,10-11,14,18H,6-9,12H2,(H,25,27). The van der Waals surface area contributed by atoms with Crippen molar-refractivity contribution in [3.05, 3.63) is 65.5 Å². The maximum atomic E-state index is 14.0. The second-order valence-electron chi connectivity index (χ2n) is 7.22. The number of hydrogen-bond acceptors (Lipinski definition) is 3. The Bertz CT molecular complexity index is 817. The molecule has 4 rings (SSSR count). The number of hydrogen-bond donors (Lipinski definition) is 1. The van der Waals surface area contributed by atoms with Gasteiger partial charge < -0.3 is 5.32 Å². The van der Waals surface area contributed by atoms with Gasteiger partial charge in [-0.2, -0.15) is 0 Å². The Balaban J connectivity index is 1.73. The first-order chi connectivity index (χ1) is 13.1. The third kappa shape index (κ3) is 2.90. The first kappa shape index (κ1) is 18.0. The predicted molar refractivity (Wildman–Crippen MR) is 93.6 cm³/mol. The minimum absolute atomic E-state index is 0.146. The van der Waals surface area contributed by atoms with Crippen LogP contribution in [0.25, 0.3) is 0 Å². The number of alkyl halides is 1. The highest BCUT2D eigenvalue weighted by atomic mass is 19.1. The normalized spacial score (nSPS) is 25.5. The Morgan fingerprint density at radius 1 is 1.19 bits per heavy atom. The number of nitrogens with one attached hydrogen (secondary N) is 1. The summed E-state index contributed by atoms with van der Waals surface area (Å²) in [6.45, 7) is -0.609. The minimum atomic E-state index is -1.02. The van der Waals surface area contributed by atoms with Crippen LogP contribution in [-0.2, 0) is 0 Å². The van der Waals surface area contributed by atoms with E-state index in [2.05, 4.69) is 10.3 Å². The van der Waals surface area contributed by atoms with E-state index in [1.165, 1.54) is 0 Å². The van der Waals surface area contributed by atoms with Crippen molar-refractivity contribution in [3.63, 3.8) is 0 Å². The highest BCUT2D eigenvalue weighted by Gasteiger charge is 2.56. The maximum Gasteiger partial charge on any atom is 0.257 e. The number of aromatic nitrogens is 1. The summed E-state index contributed by atoms with van der Waals surface area (Å²) in [5.74, 6) is -2.89. The van der Waals surface area contributed by atoms with Crippen molar-refractivity contribution in [2.45, 2.75) is 43.3 Å². The lowest BCUT2D eigenvalue weighted by Crippen LogP contribution is -2.52. The van der Waals surface area contributed by atoms with Gasteiger partial charge in [-0.3, -0.25) is 14.7 Å². The predicted octanol–water partition coefficient (Wildman–Crippen LogP) is 3.75. The molecule has 1 amide bonds. The smallest absolute Gasteiger partial charge is 0.257 e. The molecule has 2 saturated heterocycles. The minimum Gasteiger partial charge on any atom is -0.343 e. The quantitative estimate of drug-likeness (QED) is 0.810. The van der Waals surface area contributed by atoms with Crippen molar-refractivity contribution in [1.82, 2.24) is 15.2 Å². The van der Waals surface area contributed by atoms with E-state index in [9.17, 15) is 18.0 Å². The van der Waals surface area contributed by atoms with Gasteiger partial charge in [-0.1, -0.05) is 30.3 Å². The zero-order chi connectivity index (χ0) is 19.0. The molecule has 2 aliphatic rings. The molecule has 1 unspecified atom stereocenters. The molecule has 4 nitrogen and oxygen atoms in total. The second kappa shape index (κ2) is 6.96. The third-order valence-electron chi connectivity index (χ3n) is 5.99. The van der Waals surface area contributed by atoms with Gasteiger partial charge in [0.25, 0.3) is 5.91 Å². The van der Waals surface area contributed by atoms with Gasteiger partial charge in [-0.15, -0.1) is 0 Å². The molecule has 2 aliphatic heterocycles. The Morgan fingerprint density at radius 3 is 2.41 bits per heavy atom. The molecule has 0 saturated carbocycles. The van der Waals surface area contributed by atoms with Crippen molar-refractivity contribution in [2.24, 2.45) is 0 Å². The second-order valence-corrected chi connectivity index (χ2v) is 7.22. The number of amides is 1. The first-order valence-corrected chi connectivity index (χ1v) is 9.04. The number of rotatable bonds is 5. The highest BCUT2D eigenvalue weighted by molar-refractivity contribution is 5.95. The first-order valence-electron chi connectivity index (χ1n) is 9.04. The molecule has 2 bridgehead atoms. The van der Waals surface area contributed by atoms with Crippen LogP contribution in [0.4, 0.5) is 13.2 Å². The number of benzene rings is 1. The summed E-state index contributed by atoms with van der Waals surface area (Å²) in [5, 5.41) is 2.80.